The summed E-state index contributed by atoms with van der Waals surface area (Å²) in [6.45, 7) is 1.49. The molecule has 56 valence electrons. The van der Waals surface area contributed by atoms with Crippen LogP contribution in [-0.2, 0) is 13.8 Å². The second-order valence-corrected chi connectivity index (χ2v) is 1.53. The normalized spacial score (nSPS) is 7.80. The van der Waals surface area contributed by atoms with Crippen molar-refractivity contribution >= 4 is 17.8 Å². The zero-order valence-electron chi connectivity index (χ0n) is 5.46. The highest BCUT2D eigenvalue weighted by atomic mass is 35.5. The molecular weight excluding hydrogens is 156 g/mol. The Morgan fingerprint density at radius 2 is 2.50 bits per heavy atom. The number of allylic oxidation sites excluding steroid dienone is 1. The van der Waals surface area contributed by atoms with Crippen LogP contribution in [0.4, 0.5) is 0 Å². The minimum atomic E-state index is -0.552. The van der Waals surface area contributed by atoms with Crippen LogP contribution in [0.15, 0.2) is 18.1 Å². The molecule has 0 heterocycles. The van der Waals surface area contributed by atoms with Gasteiger partial charge in [-0.1, -0.05) is 5.73 Å². The van der Waals surface area contributed by atoms with Crippen molar-refractivity contribution in [2.75, 3.05) is 6.61 Å². The molecule has 0 aromatic rings. The lowest BCUT2D eigenvalue weighted by Crippen LogP contribution is -2.04. The minimum absolute atomic E-state index is 0.260. The molecule has 0 bridgehead atoms. The molecule has 0 unspecified atom stereocenters. The van der Waals surface area contributed by atoms with E-state index in [2.05, 4.69) is 14.8 Å². The molecule has 0 saturated heterocycles. The van der Waals surface area contributed by atoms with Crippen molar-refractivity contribution in [2.45, 2.75) is 6.92 Å². The molecule has 0 rings (SSSR count). The number of carbonyl (C=O) groups excluding carboxylic acids is 1. The Bertz CT molecular complexity index is 158. The first-order valence-corrected chi connectivity index (χ1v) is 2.90. The van der Waals surface area contributed by atoms with E-state index in [1.54, 1.807) is 13.0 Å². The predicted octanol–water partition coefficient (Wildman–Crippen LogP) is 1.39. The van der Waals surface area contributed by atoms with Gasteiger partial charge < -0.3 is 4.74 Å². The van der Waals surface area contributed by atoms with Gasteiger partial charge in [0.05, 0.1) is 11.9 Å². The van der Waals surface area contributed by atoms with Crippen LogP contribution >= 0.6 is 11.9 Å². The Labute approximate surface area is 64.0 Å². The van der Waals surface area contributed by atoms with Crippen LogP contribution in [0.3, 0.4) is 0 Å². The lowest BCUT2D eigenvalue weighted by molar-refractivity contribution is -0.140. The third kappa shape index (κ3) is 5.38. The number of ether oxygens (including phenoxy) is 1. The fourth-order valence-electron chi connectivity index (χ4n) is 0.246. The number of halogens is 1. The van der Waals surface area contributed by atoms with Crippen LogP contribution in [0, 0.1) is 0 Å². The minimum Gasteiger partial charge on any atom is -0.424 e. The number of esters is 1. The molecule has 3 nitrogen and oxygen atoms in total. The quantitative estimate of drug-likeness (QED) is 0.357. The van der Waals surface area contributed by atoms with E-state index in [4.69, 9.17) is 11.9 Å². The molecule has 0 aliphatic carbocycles. The van der Waals surface area contributed by atoms with Gasteiger partial charge in [-0.3, -0.25) is 4.29 Å². The van der Waals surface area contributed by atoms with Gasteiger partial charge in [-0.05, 0) is 13.0 Å². The molecule has 0 atom stereocenters. The predicted molar refractivity (Wildman–Crippen MR) is 36.2 cm³/mol. The van der Waals surface area contributed by atoms with Gasteiger partial charge in [0.1, 0.15) is 6.26 Å². The second-order valence-electron chi connectivity index (χ2n) is 1.32. The first kappa shape index (κ1) is 9.24. The average molecular weight is 163 g/mol. The SMILES string of the molecule is CC=C=COC(=O)COCl. The highest BCUT2D eigenvalue weighted by Gasteiger charge is 1.97. The molecular formula is C6H7ClO3. The Hall–Kier alpha value is -0.760. The third-order valence-electron chi connectivity index (χ3n) is 0.597. The second kappa shape index (κ2) is 6.36. The molecule has 0 aromatic carbocycles. The van der Waals surface area contributed by atoms with Crippen molar-refractivity contribution in [1.82, 2.24) is 0 Å². The summed E-state index contributed by atoms with van der Waals surface area (Å²) < 4.78 is 8.38. The van der Waals surface area contributed by atoms with Gasteiger partial charge >= 0.3 is 5.97 Å². The molecule has 4 heteroatoms. The van der Waals surface area contributed by atoms with Crippen molar-refractivity contribution in [1.29, 1.82) is 0 Å². The van der Waals surface area contributed by atoms with Gasteiger partial charge in [-0.25, -0.2) is 4.79 Å². The number of carbonyl (C=O) groups is 1. The maximum absolute atomic E-state index is 10.4. The van der Waals surface area contributed by atoms with Gasteiger partial charge in [-0.15, -0.1) is 0 Å². The molecule has 0 aromatic heterocycles. The molecule has 0 N–H and O–H groups in total. The molecule has 0 aliphatic heterocycles. The van der Waals surface area contributed by atoms with E-state index in [0.717, 1.165) is 6.26 Å². The Morgan fingerprint density at radius 3 is 3.00 bits per heavy atom. The van der Waals surface area contributed by atoms with Gasteiger partial charge in [0.15, 0.2) is 6.61 Å². The molecule has 0 amide bonds. The fourth-order valence-corrected chi connectivity index (χ4v) is 0.335. The van der Waals surface area contributed by atoms with Crippen molar-refractivity contribution in [3.63, 3.8) is 0 Å². The highest BCUT2D eigenvalue weighted by Crippen LogP contribution is 1.83. The number of hydrogen-bond donors (Lipinski definition) is 0. The molecule has 10 heavy (non-hydrogen) atoms. The third-order valence-corrected chi connectivity index (χ3v) is 0.707. The van der Waals surface area contributed by atoms with Crippen molar-refractivity contribution in [3.05, 3.63) is 18.1 Å². The Balaban J connectivity index is 3.49. The standard InChI is InChI=1S/C6H7ClO3/c1-2-3-4-9-6(8)5-10-7/h2,4H,5H2,1H3. The summed E-state index contributed by atoms with van der Waals surface area (Å²) in [5, 5.41) is 0. The van der Waals surface area contributed by atoms with Crippen LogP contribution < -0.4 is 0 Å². The summed E-state index contributed by atoms with van der Waals surface area (Å²) in [6.07, 6.45) is 2.74. The first-order chi connectivity index (χ1) is 4.81. The highest BCUT2D eigenvalue weighted by molar-refractivity contribution is 6.08. The topological polar surface area (TPSA) is 35.5 Å². The summed E-state index contributed by atoms with van der Waals surface area (Å²) in [6, 6.07) is 0. The Morgan fingerprint density at radius 1 is 1.80 bits per heavy atom. The molecule has 0 radical (unpaired) electrons. The van der Waals surface area contributed by atoms with Crippen LogP contribution in [0.25, 0.3) is 0 Å². The number of rotatable bonds is 3. The van der Waals surface area contributed by atoms with Crippen molar-refractivity contribution in [3.8, 4) is 0 Å². The first-order valence-electron chi connectivity index (χ1n) is 2.60. The smallest absolute Gasteiger partial charge is 0.339 e. The maximum atomic E-state index is 10.4. The molecule has 0 saturated carbocycles. The van der Waals surface area contributed by atoms with Gasteiger partial charge in [0.25, 0.3) is 0 Å². The summed E-state index contributed by atoms with van der Waals surface area (Å²) >= 11 is 4.77. The Kier molecular flexibility index (Phi) is 5.88. The van der Waals surface area contributed by atoms with Crippen molar-refractivity contribution < 1.29 is 13.8 Å². The van der Waals surface area contributed by atoms with Crippen molar-refractivity contribution in [2.24, 2.45) is 0 Å². The summed E-state index contributed by atoms with van der Waals surface area (Å²) in [5.74, 6) is -0.552. The maximum Gasteiger partial charge on any atom is 0.339 e. The van der Waals surface area contributed by atoms with Crippen LogP contribution in [0.2, 0.25) is 0 Å². The van der Waals surface area contributed by atoms with Crippen LogP contribution in [0.5, 0.6) is 0 Å². The zero-order valence-corrected chi connectivity index (χ0v) is 6.22. The van der Waals surface area contributed by atoms with Crippen LogP contribution in [0.1, 0.15) is 6.92 Å². The number of hydrogen-bond acceptors (Lipinski definition) is 3. The van der Waals surface area contributed by atoms with E-state index in [1.807, 2.05) is 0 Å². The molecule has 0 fully saturated rings. The molecule has 0 aliphatic rings. The lowest BCUT2D eigenvalue weighted by Gasteiger charge is -1.91. The summed E-state index contributed by atoms with van der Waals surface area (Å²) in [5.41, 5.74) is 2.55. The van der Waals surface area contributed by atoms with E-state index in [1.165, 1.54) is 0 Å². The fraction of sp³-hybridized carbons (Fsp3) is 0.333. The van der Waals surface area contributed by atoms with E-state index in [-0.39, 0.29) is 6.61 Å². The largest absolute Gasteiger partial charge is 0.424 e. The van der Waals surface area contributed by atoms with E-state index < -0.39 is 5.97 Å². The monoisotopic (exact) mass is 162 g/mol. The van der Waals surface area contributed by atoms with Gasteiger partial charge in [0, 0.05) is 0 Å². The summed E-state index contributed by atoms with van der Waals surface area (Å²) in [7, 11) is 0. The van der Waals surface area contributed by atoms with Crippen LogP contribution in [-0.4, -0.2) is 12.6 Å². The van der Waals surface area contributed by atoms with Gasteiger partial charge in [-0.2, -0.15) is 0 Å². The van der Waals surface area contributed by atoms with E-state index in [9.17, 15) is 4.79 Å². The lowest BCUT2D eigenvalue weighted by atomic mass is 10.7. The van der Waals surface area contributed by atoms with E-state index >= 15 is 0 Å². The zero-order chi connectivity index (χ0) is 7.82. The average Bonchev–Trinajstić information content (AvgIpc) is 1.89. The van der Waals surface area contributed by atoms with E-state index in [0.29, 0.717) is 0 Å². The summed E-state index contributed by atoms with van der Waals surface area (Å²) in [4.78, 5) is 10.4. The molecule has 0 spiro atoms. The van der Waals surface area contributed by atoms with Gasteiger partial charge in [0.2, 0.25) is 0 Å².